The second-order valence-corrected chi connectivity index (χ2v) is 5.95. The van der Waals surface area contributed by atoms with E-state index < -0.39 is 5.97 Å². The van der Waals surface area contributed by atoms with Crippen molar-refractivity contribution in [2.45, 2.75) is 24.7 Å². The van der Waals surface area contributed by atoms with Crippen molar-refractivity contribution < 1.29 is 14.7 Å². The minimum absolute atomic E-state index is 0.0196. The Morgan fingerprint density at radius 2 is 2.14 bits per heavy atom. The Kier molecular flexibility index (Phi) is 4.73. The molecule has 2 N–H and O–H groups in total. The van der Waals surface area contributed by atoms with Crippen LogP contribution in [-0.2, 0) is 10.2 Å². The number of amides is 2. The molecule has 114 valence electrons. The van der Waals surface area contributed by atoms with Crippen molar-refractivity contribution in [3.8, 4) is 0 Å². The number of aliphatic carboxylic acids is 1. The van der Waals surface area contributed by atoms with Crippen molar-refractivity contribution in [1.82, 2.24) is 10.2 Å². The van der Waals surface area contributed by atoms with E-state index in [0.29, 0.717) is 11.6 Å². The van der Waals surface area contributed by atoms with Gasteiger partial charge in [-0.1, -0.05) is 23.7 Å². The Morgan fingerprint density at radius 1 is 1.43 bits per heavy atom. The summed E-state index contributed by atoms with van der Waals surface area (Å²) in [4.78, 5) is 23.8. The zero-order valence-electron chi connectivity index (χ0n) is 11.9. The van der Waals surface area contributed by atoms with Crippen LogP contribution >= 0.6 is 11.6 Å². The van der Waals surface area contributed by atoms with E-state index in [2.05, 4.69) is 5.32 Å². The topological polar surface area (TPSA) is 69.6 Å². The molecule has 0 bridgehead atoms. The Morgan fingerprint density at radius 3 is 2.71 bits per heavy atom. The van der Waals surface area contributed by atoms with Crippen molar-refractivity contribution in [2.24, 2.45) is 0 Å². The summed E-state index contributed by atoms with van der Waals surface area (Å²) in [7, 11) is 1.59. The molecule has 0 unspecified atom stereocenters. The van der Waals surface area contributed by atoms with Crippen LogP contribution in [0.1, 0.15) is 24.8 Å². The van der Waals surface area contributed by atoms with Gasteiger partial charge >= 0.3 is 12.0 Å². The molecule has 0 aromatic heterocycles. The summed E-state index contributed by atoms with van der Waals surface area (Å²) in [6.07, 6.45) is 1.99. The van der Waals surface area contributed by atoms with Crippen LogP contribution in [0.3, 0.4) is 0 Å². The second-order valence-electron chi connectivity index (χ2n) is 5.51. The molecule has 0 atom stereocenters. The molecule has 1 fully saturated rings. The smallest absolute Gasteiger partial charge is 0.317 e. The standard InChI is InChI=1S/C15H19ClN2O3/c1-18(8-5-13(19)20)14(21)17-10-15(6-7-15)11-3-2-4-12(16)9-11/h2-4,9H,5-8,10H2,1H3,(H,17,21)(H,19,20). The molecular formula is C15H19ClN2O3. The maximum atomic E-state index is 11.9. The molecule has 0 aliphatic heterocycles. The fraction of sp³-hybridized carbons (Fsp3) is 0.467. The summed E-state index contributed by atoms with van der Waals surface area (Å²) in [6, 6.07) is 7.47. The van der Waals surface area contributed by atoms with E-state index in [4.69, 9.17) is 16.7 Å². The van der Waals surface area contributed by atoms with Gasteiger partial charge in [0.25, 0.3) is 0 Å². The predicted molar refractivity (Wildman–Crippen MR) is 80.6 cm³/mol. The Balaban J connectivity index is 1.88. The number of nitrogens with zero attached hydrogens (tertiary/aromatic N) is 1. The summed E-state index contributed by atoms with van der Waals surface area (Å²) in [5.74, 6) is -0.910. The number of rotatable bonds is 6. The van der Waals surface area contributed by atoms with Crippen molar-refractivity contribution in [3.05, 3.63) is 34.9 Å². The van der Waals surface area contributed by atoms with E-state index in [1.807, 2.05) is 24.3 Å². The number of carbonyl (C=O) groups excluding carboxylic acids is 1. The summed E-state index contributed by atoms with van der Waals surface area (Å²) in [6.45, 7) is 0.745. The van der Waals surface area contributed by atoms with Gasteiger partial charge in [0.05, 0.1) is 6.42 Å². The highest BCUT2D eigenvalue weighted by molar-refractivity contribution is 6.30. The third-order valence-electron chi connectivity index (χ3n) is 3.88. The molecule has 0 saturated heterocycles. The average Bonchev–Trinajstić information content (AvgIpc) is 3.23. The lowest BCUT2D eigenvalue weighted by Crippen LogP contribution is -2.41. The Hall–Kier alpha value is -1.75. The number of hydrogen-bond acceptors (Lipinski definition) is 2. The van der Waals surface area contributed by atoms with Gasteiger partial charge in [-0.25, -0.2) is 4.79 Å². The highest BCUT2D eigenvalue weighted by Gasteiger charge is 2.44. The highest BCUT2D eigenvalue weighted by Crippen LogP contribution is 2.48. The molecule has 1 aliphatic rings. The van der Waals surface area contributed by atoms with Crippen LogP contribution < -0.4 is 5.32 Å². The van der Waals surface area contributed by atoms with Gasteiger partial charge in [-0.3, -0.25) is 4.79 Å². The number of hydrogen-bond donors (Lipinski definition) is 2. The van der Waals surface area contributed by atoms with Gasteiger partial charge in [0.1, 0.15) is 0 Å². The molecular weight excluding hydrogens is 292 g/mol. The molecule has 6 heteroatoms. The molecule has 0 heterocycles. The number of carboxylic acids is 1. The van der Waals surface area contributed by atoms with Crippen LogP contribution in [0.25, 0.3) is 0 Å². The van der Waals surface area contributed by atoms with Crippen molar-refractivity contribution >= 4 is 23.6 Å². The molecule has 1 aliphatic carbocycles. The average molecular weight is 311 g/mol. The minimum atomic E-state index is -0.910. The SMILES string of the molecule is CN(CCC(=O)O)C(=O)NCC1(c2cccc(Cl)c2)CC1. The number of carboxylic acid groups (broad SMARTS) is 1. The normalized spacial score (nSPS) is 15.3. The van der Waals surface area contributed by atoms with Gasteiger partial charge in [0.2, 0.25) is 0 Å². The van der Waals surface area contributed by atoms with E-state index in [-0.39, 0.29) is 24.4 Å². The summed E-state index contributed by atoms with van der Waals surface area (Å²) >= 11 is 6.01. The van der Waals surface area contributed by atoms with E-state index >= 15 is 0 Å². The number of carbonyl (C=O) groups is 2. The number of urea groups is 1. The quantitative estimate of drug-likeness (QED) is 0.848. The zero-order chi connectivity index (χ0) is 15.5. The molecule has 0 radical (unpaired) electrons. The van der Waals surface area contributed by atoms with Crippen LogP contribution in [0.2, 0.25) is 5.02 Å². The largest absolute Gasteiger partial charge is 0.481 e. The van der Waals surface area contributed by atoms with Crippen molar-refractivity contribution in [1.29, 1.82) is 0 Å². The minimum Gasteiger partial charge on any atom is -0.481 e. The van der Waals surface area contributed by atoms with Crippen LogP contribution in [0, 0.1) is 0 Å². The van der Waals surface area contributed by atoms with Gasteiger partial charge < -0.3 is 15.3 Å². The first-order valence-electron chi connectivity index (χ1n) is 6.90. The van der Waals surface area contributed by atoms with Gasteiger partial charge in [-0.05, 0) is 30.5 Å². The molecule has 2 rings (SSSR count). The summed E-state index contributed by atoms with van der Waals surface area (Å²) < 4.78 is 0. The highest BCUT2D eigenvalue weighted by atomic mass is 35.5. The lowest BCUT2D eigenvalue weighted by atomic mass is 9.96. The first kappa shape index (κ1) is 15.6. The summed E-state index contributed by atoms with van der Waals surface area (Å²) in [5.41, 5.74) is 1.12. The first-order chi connectivity index (χ1) is 9.93. The Bertz CT molecular complexity index is 543. The fourth-order valence-corrected chi connectivity index (χ4v) is 2.47. The second kappa shape index (κ2) is 6.35. The zero-order valence-corrected chi connectivity index (χ0v) is 12.7. The van der Waals surface area contributed by atoms with Gasteiger partial charge in [0, 0.05) is 30.6 Å². The molecule has 2 amide bonds. The molecule has 0 spiro atoms. The van der Waals surface area contributed by atoms with E-state index in [1.165, 1.54) is 4.90 Å². The molecule has 1 aromatic rings. The predicted octanol–water partition coefficient (Wildman–Crippen LogP) is 2.49. The van der Waals surface area contributed by atoms with Crippen LogP contribution in [0.5, 0.6) is 0 Å². The summed E-state index contributed by atoms with van der Waals surface area (Å²) in [5, 5.41) is 12.2. The van der Waals surface area contributed by atoms with Gasteiger partial charge in [0.15, 0.2) is 0 Å². The van der Waals surface area contributed by atoms with E-state index in [9.17, 15) is 9.59 Å². The molecule has 1 saturated carbocycles. The van der Waals surface area contributed by atoms with E-state index in [1.54, 1.807) is 7.05 Å². The number of nitrogens with one attached hydrogen (secondary N) is 1. The molecule has 21 heavy (non-hydrogen) atoms. The fourth-order valence-electron chi connectivity index (χ4n) is 2.28. The van der Waals surface area contributed by atoms with Crippen molar-refractivity contribution in [3.63, 3.8) is 0 Å². The third kappa shape index (κ3) is 4.11. The number of benzene rings is 1. The van der Waals surface area contributed by atoms with Crippen LogP contribution in [0.4, 0.5) is 4.79 Å². The monoisotopic (exact) mass is 310 g/mol. The lowest BCUT2D eigenvalue weighted by Gasteiger charge is -2.21. The lowest BCUT2D eigenvalue weighted by molar-refractivity contribution is -0.137. The van der Waals surface area contributed by atoms with Crippen molar-refractivity contribution in [2.75, 3.05) is 20.1 Å². The molecule has 5 nitrogen and oxygen atoms in total. The van der Waals surface area contributed by atoms with Crippen LogP contribution in [-0.4, -0.2) is 42.1 Å². The van der Waals surface area contributed by atoms with Crippen LogP contribution in [0.15, 0.2) is 24.3 Å². The third-order valence-corrected chi connectivity index (χ3v) is 4.11. The van der Waals surface area contributed by atoms with E-state index in [0.717, 1.165) is 18.4 Å². The van der Waals surface area contributed by atoms with Gasteiger partial charge in [-0.15, -0.1) is 0 Å². The maximum absolute atomic E-state index is 11.9. The Labute approximate surface area is 128 Å². The maximum Gasteiger partial charge on any atom is 0.317 e. The first-order valence-corrected chi connectivity index (χ1v) is 7.27. The molecule has 1 aromatic carbocycles. The van der Waals surface area contributed by atoms with Gasteiger partial charge in [-0.2, -0.15) is 0 Å². The number of halogens is 1.